The smallest absolute Gasteiger partial charge is 0.244 e. The molecule has 6 nitrogen and oxygen atoms in total. The summed E-state index contributed by atoms with van der Waals surface area (Å²) in [4.78, 5) is 16.7. The van der Waals surface area contributed by atoms with Crippen molar-refractivity contribution in [3.8, 4) is 0 Å². The normalized spacial score (nSPS) is 19.3. The second-order valence-electron chi connectivity index (χ2n) is 5.25. The van der Waals surface area contributed by atoms with E-state index in [-0.39, 0.29) is 5.91 Å². The van der Waals surface area contributed by atoms with Crippen LogP contribution >= 0.6 is 34.5 Å². The van der Waals surface area contributed by atoms with E-state index >= 15 is 0 Å². The molecule has 0 spiro atoms. The van der Waals surface area contributed by atoms with Crippen molar-refractivity contribution in [2.24, 2.45) is 0 Å². The Hall–Kier alpha value is -0.930. The van der Waals surface area contributed by atoms with Gasteiger partial charge in [-0.2, -0.15) is 4.31 Å². The highest BCUT2D eigenvalue weighted by Crippen LogP contribution is 2.35. The van der Waals surface area contributed by atoms with Crippen LogP contribution in [0, 0.1) is 0 Å². The van der Waals surface area contributed by atoms with Crippen LogP contribution in [0.2, 0.25) is 10.0 Å². The summed E-state index contributed by atoms with van der Waals surface area (Å²) in [5, 5.41) is 3.78. The van der Waals surface area contributed by atoms with E-state index in [9.17, 15) is 13.2 Å². The van der Waals surface area contributed by atoms with Crippen LogP contribution < -0.4 is 5.32 Å². The average Bonchev–Trinajstić information content (AvgIpc) is 3.09. The molecule has 1 aromatic heterocycles. The van der Waals surface area contributed by atoms with E-state index in [1.165, 1.54) is 15.6 Å². The first-order valence-electron chi connectivity index (χ1n) is 6.79. The van der Waals surface area contributed by atoms with E-state index in [2.05, 4.69) is 10.3 Å². The Morgan fingerprint density at radius 3 is 2.87 bits per heavy atom. The van der Waals surface area contributed by atoms with Gasteiger partial charge in [0.2, 0.25) is 15.9 Å². The molecule has 3 rings (SSSR count). The van der Waals surface area contributed by atoms with Crippen molar-refractivity contribution in [1.82, 2.24) is 9.29 Å². The monoisotopic (exact) mass is 393 g/mol. The van der Waals surface area contributed by atoms with E-state index in [1.54, 1.807) is 12.1 Å². The van der Waals surface area contributed by atoms with Gasteiger partial charge in [-0.15, -0.1) is 0 Å². The predicted molar refractivity (Wildman–Crippen MR) is 92.8 cm³/mol. The Balaban J connectivity index is 1.84. The van der Waals surface area contributed by atoms with Gasteiger partial charge in [-0.1, -0.05) is 34.5 Å². The van der Waals surface area contributed by atoms with Gasteiger partial charge in [0.25, 0.3) is 0 Å². The average molecular weight is 394 g/mol. The molecule has 1 aromatic carbocycles. The number of carbonyl (C=O) groups is 1. The number of halogens is 2. The first-order chi connectivity index (χ1) is 10.8. The minimum Gasteiger partial charge on any atom is -0.301 e. The molecule has 1 aliphatic rings. The number of rotatable bonds is 3. The maximum Gasteiger partial charge on any atom is 0.244 e. The van der Waals surface area contributed by atoms with E-state index < -0.39 is 16.1 Å². The fourth-order valence-corrected chi connectivity index (χ4v) is 5.00. The standard InChI is InChI=1S/C13H13Cl2N3O3S2/c1-23(20,21)18-6-2-3-8(18)12(19)17-13-16-11-9(22-13)5-4-7(14)10(11)15/h4-5,8H,2-3,6H2,1H3,(H,16,17,19). The van der Waals surface area contributed by atoms with Crippen molar-refractivity contribution >= 4 is 65.8 Å². The minimum atomic E-state index is -3.41. The first-order valence-corrected chi connectivity index (χ1v) is 10.2. The summed E-state index contributed by atoms with van der Waals surface area (Å²) in [5.74, 6) is -0.380. The zero-order valence-electron chi connectivity index (χ0n) is 12.0. The lowest BCUT2D eigenvalue weighted by molar-refractivity contribution is -0.119. The summed E-state index contributed by atoms with van der Waals surface area (Å²) in [6.45, 7) is 0.359. The molecule has 124 valence electrons. The first kappa shape index (κ1) is 16.9. The highest BCUT2D eigenvalue weighted by Gasteiger charge is 2.36. The van der Waals surface area contributed by atoms with Gasteiger partial charge in [0.05, 0.1) is 21.0 Å². The summed E-state index contributed by atoms with van der Waals surface area (Å²) in [7, 11) is -3.41. The van der Waals surface area contributed by atoms with Crippen LogP contribution in [0.15, 0.2) is 12.1 Å². The molecule has 10 heteroatoms. The van der Waals surface area contributed by atoms with Crippen LogP contribution in [0.1, 0.15) is 12.8 Å². The number of anilines is 1. The molecule has 1 N–H and O–H groups in total. The Bertz CT molecular complexity index is 882. The molecule has 1 atom stereocenters. The number of hydrogen-bond acceptors (Lipinski definition) is 5. The minimum absolute atomic E-state index is 0.333. The van der Waals surface area contributed by atoms with Gasteiger partial charge in [-0.3, -0.25) is 4.79 Å². The Labute approximate surface area is 147 Å². The number of hydrogen-bond donors (Lipinski definition) is 1. The van der Waals surface area contributed by atoms with Crippen LogP contribution in [-0.2, 0) is 14.8 Å². The van der Waals surface area contributed by atoms with Crippen molar-refractivity contribution in [3.05, 3.63) is 22.2 Å². The highest BCUT2D eigenvalue weighted by molar-refractivity contribution is 7.88. The van der Waals surface area contributed by atoms with Gasteiger partial charge in [-0.05, 0) is 25.0 Å². The summed E-state index contributed by atoms with van der Waals surface area (Å²) >= 11 is 13.3. The van der Waals surface area contributed by atoms with Gasteiger partial charge in [0, 0.05) is 6.54 Å². The van der Waals surface area contributed by atoms with Gasteiger partial charge < -0.3 is 5.32 Å². The molecule has 0 radical (unpaired) electrons. The second kappa shape index (κ2) is 6.18. The lowest BCUT2D eigenvalue weighted by atomic mass is 10.2. The van der Waals surface area contributed by atoms with E-state index in [0.29, 0.717) is 40.1 Å². The van der Waals surface area contributed by atoms with Crippen LogP contribution in [-0.4, -0.2) is 42.5 Å². The quantitative estimate of drug-likeness (QED) is 0.868. The number of sulfonamides is 1. The lowest BCUT2D eigenvalue weighted by Crippen LogP contribution is -2.42. The Morgan fingerprint density at radius 2 is 2.17 bits per heavy atom. The molecule has 1 amide bonds. The van der Waals surface area contributed by atoms with E-state index in [1.807, 2.05) is 0 Å². The molecule has 2 aromatic rings. The Kier molecular flexibility index (Phi) is 4.54. The highest BCUT2D eigenvalue weighted by atomic mass is 35.5. The van der Waals surface area contributed by atoms with Gasteiger partial charge >= 0.3 is 0 Å². The third kappa shape index (κ3) is 3.32. The molecule has 0 saturated carbocycles. The third-order valence-electron chi connectivity index (χ3n) is 3.61. The zero-order valence-corrected chi connectivity index (χ0v) is 15.2. The van der Waals surface area contributed by atoms with Crippen molar-refractivity contribution in [2.75, 3.05) is 18.1 Å². The van der Waals surface area contributed by atoms with Crippen molar-refractivity contribution in [1.29, 1.82) is 0 Å². The molecule has 23 heavy (non-hydrogen) atoms. The molecule has 0 aliphatic carbocycles. The van der Waals surface area contributed by atoms with Crippen LogP contribution in [0.25, 0.3) is 10.2 Å². The molecule has 1 aliphatic heterocycles. The molecule has 1 unspecified atom stereocenters. The fraction of sp³-hybridized carbons (Fsp3) is 0.385. The molecule has 0 bridgehead atoms. The lowest BCUT2D eigenvalue weighted by Gasteiger charge is -2.20. The topological polar surface area (TPSA) is 79.4 Å². The summed E-state index contributed by atoms with van der Waals surface area (Å²) in [6.07, 6.45) is 2.26. The van der Waals surface area contributed by atoms with Crippen molar-refractivity contribution in [2.45, 2.75) is 18.9 Å². The maximum absolute atomic E-state index is 12.4. The molecular weight excluding hydrogens is 381 g/mol. The number of thiazole rings is 1. The molecular formula is C13H13Cl2N3O3S2. The number of amides is 1. The van der Waals surface area contributed by atoms with Crippen molar-refractivity contribution < 1.29 is 13.2 Å². The van der Waals surface area contributed by atoms with Crippen LogP contribution in [0.5, 0.6) is 0 Å². The SMILES string of the molecule is CS(=O)(=O)N1CCCC1C(=O)Nc1nc2c(Cl)c(Cl)ccc2s1. The van der Waals surface area contributed by atoms with E-state index in [0.717, 1.165) is 11.0 Å². The number of nitrogens with zero attached hydrogens (tertiary/aromatic N) is 2. The maximum atomic E-state index is 12.4. The number of aromatic nitrogens is 1. The summed E-state index contributed by atoms with van der Waals surface area (Å²) in [6, 6.07) is 2.74. The van der Waals surface area contributed by atoms with Crippen LogP contribution in [0.3, 0.4) is 0 Å². The number of fused-ring (bicyclic) bond motifs is 1. The van der Waals surface area contributed by atoms with Gasteiger partial charge in [0.1, 0.15) is 11.6 Å². The largest absolute Gasteiger partial charge is 0.301 e. The number of carbonyl (C=O) groups excluding carboxylic acids is 1. The number of nitrogens with one attached hydrogen (secondary N) is 1. The summed E-state index contributed by atoms with van der Waals surface area (Å²) in [5.41, 5.74) is 0.519. The van der Waals surface area contributed by atoms with E-state index in [4.69, 9.17) is 23.2 Å². The van der Waals surface area contributed by atoms with Gasteiger partial charge in [0.15, 0.2) is 5.13 Å². The van der Waals surface area contributed by atoms with Gasteiger partial charge in [-0.25, -0.2) is 13.4 Å². The zero-order chi connectivity index (χ0) is 16.8. The molecule has 1 fully saturated rings. The Morgan fingerprint density at radius 1 is 1.43 bits per heavy atom. The van der Waals surface area contributed by atoms with Crippen molar-refractivity contribution in [3.63, 3.8) is 0 Å². The second-order valence-corrected chi connectivity index (χ2v) is 9.00. The molecule has 2 heterocycles. The summed E-state index contributed by atoms with van der Waals surface area (Å²) < 4.78 is 25.5. The third-order valence-corrected chi connectivity index (χ3v) is 6.63. The predicted octanol–water partition coefficient (Wildman–Crippen LogP) is 2.97. The number of benzene rings is 1. The fourth-order valence-electron chi connectivity index (χ4n) is 2.58. The molecule has 1 saturated heterocycles. The van der Waals surface area contributed by atoms with Crippen LogP contribution in [0.4, 0.5) is 5.13 Å².